The number of hydrogen-bond acceptors (Lipinski definition) is 1. The molecule has 0 aliphatic heterocycles. The van der Waals surface area contributed by atoms with Crippen LogP contribution in [0.3, 0.4) is 0 Å². The van der Waals surface area contributed by atoms with E-state index in [1.807, 2.05) is 0 Å². The van der Waals surface area contributed by atoms with Gasteiger partial charge in [0.15, 0.2) is 0 Å². The van der Waals surface area contributed by atoms with Crippen LogP contribution in [-0.2, 0) is 6.42 Å². The fraction of sp³-hybridized carbons (Fsp3) is 0.625. The highest BCUT2D eigenvalue weighted by Crippen LogP contribution is 2.30. The van der Waals surface area contributed by atoms with Gasteiger partial charge >= 0.3 is 0 Å². The maximum Gasteiger partial charge on any atom is 0.143 e. The van der Waals surface area contributed by atoms with Crippen LogP contribution in [0, 0.1) is 17.6 Å². The van der Waals surface area contributed by atoms with Crippen LogP contribution in [0.15, 0.2) is 16.6 Å². The van der Waals surface area contributed by atoms with Gasteiger partial charge in [-0.3, -0.25) is 0 Å². The van der Waals surface area contributed by atoms with E-state index in [1.165, 1.54) is 25.0 Å². The van der Waals surface area contributed by atoms with Crippen molar-refractivity contribution in [3.05, 3.63) is 33.8 Å². The molecule has 2 rings (SSSR count). The average Bonchev–Trinajstić information content (AvgIpc) is 2.65. The Morgan fingerprint density at radius 2 is 1.95 bits per heavy atom. The molecule has 1 aliphatic carbocycles. The predicted molar refractivity (Wildman–Crippen MR) is 81.8 cm³/mol. The Morgan fingerprint density at radius 1 is 1.20 bits per heavy atom. The summed E-state index contributed by atoms with van der Waals surface area (Å²) in [4.78, 5) is 0. The summed E-state index contributed by atoms with van der Waals surface area (Å²) >= 11 is 3.15. The lowest BCUT2D eigenvalue weighted by atomic mass is 9.88. The van der Waals surface area contributed by atoms with Crippen molar-refractivity contribution >= 4 is 15.9 Å². The second kappa shape index (κ2) is 7.51. The minimum Gasteiger partial charge on any atom is -0.314 e. The molecule has 0 aromatic heterocycles. The van der Waals surface area contributed by atoms with Crippen LogP contribution in [0.1, 0.15) is 44.6 Å². The van der Waals surface area contributed by atoms with E-state index in [-0.39, 0.29) is 5.56 Å². The predicted octanol–water partition coefficient (Wildman–Crippen LogP) is 4.83. The Hall–Kier alpha value is -0.480. The van der Waals surface area contributed by atoms with Crippen LogP contribution in [-0.4, -0.2) is 12.6 Å². The molecular formula is C16H22BrF2N. The molecule has 1 nitrogen and oxygen atoms in total. The van der Waals surface area contributed by atoms with Crippen LogP contribution < -0.4 is 5.32 Å². The van der Waals surface area contributed by atoms with Gasteiger partial charge in [-0.05, 0) is 59.8 Å². The normalized spacial score (nSPS) is 23.6. The van der Waals surface area contributed by atoms with Crippen molar-refractivity contribution in [3.8, 4) is 0 Å². The third-order valence-corrected chi connectivity index (χ3v) is 4.84. The van der Waals surface area contributed by atoms with Gasteiger partial charge in [0.2, 0.25) is 0 Å². The van der Waals surface area contributed by atoms with E-state index in [0.29, 0.717) is 22.9 Å². The average molecular weight is 346 g/mol. The molecule has 112 valence electrons. The van der Waals surface area contributed by atoms with Gasteiger partial charge in [-0.2, -0.15) is 0 Å². The Bertz CT molecular complexity index is 450. The molecule has 1 N–H and O–H groups in total. The first-order valence-corrected chi connectivity index (χ1v) is 8.28. The van der Waals surface area contributed by atoms with Crippen LogP contribution in [0.5, 0.6) is 0 Å². The molecule has 0 bridgehead atoms. The summed E-state index contributed by atoms with van der Waals surface area (Å²) in [5.41, 5.74) is 0.231. The highest BCUT2D eigenvalue weighted by molar-refractivity contribution is 9.10. The second-order valence-electron chi connectivity index (χ2n) is 5.59. The molecule has 1 saturated carbocycles. The van der Waals surface area contributed by atoms with Gasteiger partial charge in [0.1, 0.15) is 11.6 Å². The zero-order chi connectivity index (χ0) is 14.5. The van der Waals surface area contributed by atoms with Gasteiger partial charge < -0.3 is 5.32 Å². The minimum atomic E-state index is -0.440. The molecule has 1 aromatic carbocycles. The fourth-order valence-electron chi connectivity index (χ4n) is 3.18. The topological polar surface area (TPSA) is 12.0 Å². The summed E-state index contributed by atoms with van der Waals surface area (Å²) in [5.74, 6) is -0.551. The van der Waals surface area contributed by atoms with E-state index in [9.17, 15) is 8.78 Å². The van der Waals surface area contributed by atoms with Gasteiger partial charge in [-0.15, -0.1) is 0 Å². The van der Waals surface area contributed by atoms with Crippen LogP contribution >= 0.6 is 15.9 Å². The molecule has 2 atom stereocenters. The maximum atomic E-state index is 14.1. The number of rotatable bonds is 4. The standard InChI is InChI=1S/C16H22BrF2N/c1-2-20-15-7-5-3-4-6-11(15)10-12-14(18)9-8-13(17)16(12)19/h8-9,11,15,20H,2-7,10H2,1H3. The first kappa shape index (κ1) is 15.9. The number of halogens is 3. The molecule has 20 heavy (non-hydrogen) atoms. The monoisotopic (exact) mass is 345 g/mol. The highest BCUT2D eigenvalue weighted by atomic mass is 79.9. The number of hydrogen-bond donors (Lipinski definition) is 1. The molecule has 0 saturated heterocycles. The van der Waals surface area contributed by atoms with Crippen molar-refractivity contribution in [3.63, 3.8) is 0 Å². The fourth-order valence-corrected chi connectivity index (χ4v) is 3.55. The lowest BCUT2D eigenvalue weighted by Gasteiger charge is -2.26. The first-order valence-electron chi connectivity index (χ1n) is 7.49. The van der Waals surface area contributed by atoms with Gasteiger partial charge in [0.25, 0.3) is 0 Å². The van der Waals surface area contributed by atoms with Crippen LogP contribution in [0.2, 0.25) is 0 Å². The lowest BCUT2D eigenvalue weighted by Crippen LogP contribution is -2.36. The Labute approximate surface area is 128 Å². The van der Waals surface area contributed by atoms with E-state index in [0.717, 1.165) is 25.8 Å². The third-order valence-electron chi connectivity index (χ3n) is 4.23. The SMILES string of the molecule is CCNC1CCCCCC1Cc1c(F)ccc(Br)c1F. The first-order chi connectivity index (χ1) is 9.63. The molecule has 2 unspecified atom stereocenters. The van der Waals surface area contributed by atoms with E-state index < -0.39 is 11.6 Å². The zero-order valence-corrected chi connectivity index (χ0v) is 13.5. The van der Waals surface area contributed by atoms with E-state index in [4.69, 9.17) is 0 Å². The minimum absolute atomic E-state index is 0.231. The summed E-state index contributed by atoms with van der Waals surface area (Å²) in [7, 11) is 0. The molecular weight excluding hydrogens is 324 g/mol. The van der Waals surface area contributed by atoms with E-state index >= 15 is 0 Å². The maximum absolute atomic E-state index is 14.1. The quantitative estimate of drug-likeness (QED) is 0.608. The van der Waals surface area contributed by atoms with Gasteiger partial charge in [-0.1, -0.05) is 26.2 Å². The van der Waals surface area contributed by atoms with Crippen molar-refractivity contribution in [2.45, 2.75) is 51.5 Å². The summed E-state index contributed by atoms with van der Waals surface area (Å²) in [6, 6.07) is 3.16. The van der Waals surface area contributed by atoms with E-state index in [1.54, 1.807) is 0 Å². The summed E-state index contributed by atoms with van der Waals surface area (Å²) in [6.07, 6.45) is 6.22. The van der Waals surface area contributed by atoms with Crippen molar-refractivity contribution < 1.29 is 8.78 Å². The van der Waals surface area contributed by atoms with Crippen LogP contribution in [0.4, 0.5) is 8.78 Å². The molecule has 0 heterocycles. The lowest BCUT2D eigenvalue weighted by molar-refractivity contribution is 0.330. The third kappa shape index (κ3) is 3.79. The molecule has 0 spiro atoms. The highest BCUT2D eigenvalue weighted by Gasteiger charge is 2.26. The zero-order valence-electron chi connectivity index (χ0n) is 11.9. The van der Waals surface area contributed by atoms with Crippen molar-refractivity contribution in [1.82, 2.24) is 5.32 Å². The smallest absolute Gasteiger partial charge is 0.143 e. The largest absolute Gasteiger partial charge is 0.314 e. The van der Waals surface area contributed by atoms with Gasteiger partial charge in [0.05, 0.1) is 4.47 Å². The molecule has 1 aliphatic rings. The van der Waals surface area contributed by atoms with Gasteiger partial charge in [-0.25, -0.2) is 8.78 Å². The Balaban J connectivity index is 2.19. The molecule has 4 heteroatoms. The molecule has 0 radical (unpaired) electrons. The molecule has 0 amide bonds. The summed E-state index contributed by atoms with van der Waals surface area (Å²) in [5, 5.41) is 3.49. The van der Waals surface area contributed by atoms with Crippen LogP contribution in [0.25, 0.3) is 0 Å². The Kier molecular flexibility index (Phi) is 5.97. The van der Waals surface area contributed by atoms with Gasteiger partial charge in [0, 0.05) is 11.6 Å². The van der Waals surface area contributed by atoms with Crippen molar-refractivity contribution in [2.75, 3.05) is 6.54 Å². The Morgan fingerprint density at radius 3 is 2.70 bits per heavy atom. The summed E-state index contributed by atoms with van der Waals surface area (Å²) < 4.78 is 28.4. The number of benzene rings is 1. The van der Waals surface area contributed by atoms with Crippen molar-refractivity contribution in [1.29, 1.82) is 0 Å². The van der Waals surface area contributed by atoms with Crippen molar-refractivity contribution in [2.24, 2.45) is 5.92 Å². The molecule has 1 aromatic rings. The number of nitrogens with one attached hydrogen (secondary N) is 1. The van der Waals surface area contributed by atoms with E-state index in [2.05, 4.69) is 28.2 Å². The second-order valence-corrected chi connectivity index (χ2v) is 6.44. The molecule has 1 fully saturated rings. The summed E-state index contributed by atoms with van der Waals surface area (Å²) in [6.45, 7) is 2.99.